The van der Waals surface area contributed by atoms with Gasteiger partial charge in [-0.05, 0) is 42.3 Å². The van der Waals surface area contributed by atoms with Crippen molar-refractivity contribution < 1.29 is 61.9 Å². The van der Waals surface area contributed by atoms with Gasteiger partial charge in [-0.25, -0.2) is 0 Å². The van der Waals surface area contributed by atoms with Crippen molar-refractivity contribution in [1.29, 1.82) is 0 Å². The van der Waals surface area contributed by atoms with Gasteiger partial charge in [-0.1, -0.05) is 6.92 Å². The van der Waals surface area contributed by atoms with E-state index in [2.05, 4.69) is 23.8 Å². The summed E-state index contributed by atoms with van der Waals surface area (Å²) in [4.78, 5) is 11.4. The van der Waals surface area contributed by atoms with Crippen LogP contribution < -0.4 is 57.0 Å². The topological polar surface area (TPSA) is 102 Å². The van der Waals surface area contributed by atoms with Crippen LogP contribution in [0.25, 0.3) is 22.0 Å². The molecule has 0 fully saturated rings. The molecule has 10 nitrogen and oxygen atoms in total. The van der Waals surface area contributed by atoms with Crippen molar-refractivity contribution in [3.63, 3.8) is 0 Å². The van der Waals surface area contributed by atoms with Gasteiger partial charge in [0, 0.05) is 17.4 Å². The van der Waals surface area contributed by atoms with Crippen molar-refractivity contribution in [1.82, 2.24) is 0 Å². The molecule has 0 atom stereocenters. The van der Waals surface area contributed by atoms with Crippen molar-refractivity contribution in [3.8, 4) is 45.8 Å². The molecule has 4 aromatic rings. The normalized spacial score (nSPS) is 11.6. The molecule has 0 bridgehead atoms. The van der Waals surface area contributed by atoms with Gasteiger partial charge >= 0.3 is 0 Å². The number of halogens is 1. The molecule has 222 valence electrons. The maximum absolute atomic E-state index is 11.9. The van der Waals surface area contributed by atoms with Crippen LogP contribution in [0.4, 0.5) is 5.69 Å². The van der Waals surface area contributed by atoms with E-state index in [9.17, 15) is 10.1 Å². The van der Waals surface area contributed by atoms with E-state index in [4.69, 9.17) is 28.4 Å². The number of hydrogen-bond acceptors (Lipinski definition) is 8. The minimum atomic E-state index is -0.455. The van der Waals surface area contributed by atoms with E-state index >= 15 is 0 Å². The average molecular weight is 689 g/mol. The van der Waals surface area contributed by atoms with Crippen molar-refractivity contribution >= 4 is 16.5 Å². The van der Waals surface area contributed by atoms with E-state index in [1.807, 2.05) is 18.2 Å². The lowest BCUT2D eigenvalue weighted by molar-refractivity contribution is -0.686. The van der Waals surface area contributed by atoms with Gasteiger partial charge in [0.25, 0.3) is 5.69 Å². The van der Waals surface area contributed by atoms with Gasteiger partial charge in [-0.15, -0.1) is 0 Å². The molecule has 2 heterocycles. The van der Waals surface area contributed by atoms with Crippen molar-refractivity contribution in [2.45, 2.75) is 32.9 Å². The zero-order valence-electron chi connectivity index (χ0n) is 24.4. The van der Waals surface area contributed by atoms with Crippen LogP contribution in [0.3, 0.4) is 0 Å². The number of aryl methyl sites for hydroxylation is 3. The number of rotatable bonds is 10. The highest BCUT2D eigenvalue weighted by Crippen LogP contribution is 2.43. The van der Waals surface area contributed by atoms with E-state index in [1.54, 1.807) is 27.4 Å². The predicted octanol–water partition coefficient (Wildman–Crippen LogP) is 2.45. The maximum atomic E-state index is 11.9. The number of ether oxygens (including phenoxy) is 6. The summed E-state index contributed by atoms with van der Waals surface area (Å²) < 4.78 is 36.1. The van der Waals surface area contributed by atoms with Gasteiger partial charge in [0.05, 0.1) is 63.1 Å². The van der Waals surface area contributed by atoms with Crippen LogP contribution in [-0.2, 0) is 26.0 Å². The molecule has 1 aromatic heterocycles. The molecule has 0 unspecified atom stereocenters. The van der Waals surface area contributed by atoms with Crippen LogP contribution >= 0.6 is 0 Å². The lowest BCUT2D eigenvalue weighted by atomic mass is 9.90. The number of pyridine rings is 1. The predicted molar refractivity (Wildman–Crippen MR) is 153 cm³/mol. The summed E-state index contributed by atoms with van der Waals surface area (Å²) in [5, 5.41) is 13.7. The van der Waals surface area contributed by atoms with Crippen LogP contribution in [0.1, 0.15) is 23.6 Å². The molecule has 0 amide bonds. The fraction of sp³-hybridized carbons (Fsp3) is 0.323. The first kappa shape index (κ1) is 30.9. The van der Waals surface area contributed by atoms with Crippen LogP contribution in [-0.4, -0.2) is 40.5 Å². The van der Waals surface area contributed by atoms with E-state index in [0.29, 0.717) is 34.3 Å². The van der Waals surface area contributed by atoms with Crippen molar-refractivity contribution in [2.75, 3.05) is 35.5 Å². The SMILES string of the molecule is CCc1c2[n+](cc3c(OCc4cc(OC)c(OC)cc4[N+](=O)[O-])c(OC)ccc13)CCc1cc(OC)c(OC)cc1-2.[I-]. The third-order valence-electron chi connectivity index (χ3n) is 7.56. The number of nitro groups is 1. The van der Waals surface area contributed by atoms with Crippen LogP contribution in [0, 0.1) is 10.1 Å². The van der Waals surface area contributed by atoms with Gasteiger partial charge < -0.3 is 52.4 Å². The minimum Gasteiger partial charge on any atom is -1.00 e. The highest BCUT2D eigenvalue weighted by Gasteiger charge is 2.31. The second-order valence-corrected chi connectivity index (χ2v) is 9.56. The molecule has 1 aliphatic rings. The van der Waals surface area contributed by atoms with Gasteiger partial charge in [-0.2, -0.15) is 4.57 Å². The van der Waals surface area contributed by atoms with E-state index in [1.165, 1.54) is 25.8 Å². The van der Waals surface area contributed by atoms with Gasteiger partial charge in [0.2, 0.25) is 5.69 Å². The van der Waals surface area contributed by atoms with Crippen LogP contribution in [0.2, 0.25) is 0 Å². The number of methoxy groups -OCH3 is 5. The second kappa shape index (κ2) is 12.9. The van der Waals surface area contributed by atoms with Gasteiger partial charge in [-0.3, -0.25) is 10.1 Å². The maximum Gasteiger partial charge on any atom is 0.280 e. The van der Waals surface area contributed by atoms with Gasteiger partial charge in [0.1, 0.15) is 6.61 Å². The number of benzene rings is 3. The Morgan fingerprint density at radius 3 is 2.07 bits per heavy atom. The summed E-state index contributed by atoms with van der Waals surface area (Å²) in [7, 11) is 7.79. The van der Waals surface area contributed by atoms with Crippen LogP contribution in [0.5, 0.6) is 34.5 Å². The fourth-order valence-corrected chi connectivity index (χ4v) is 5.59. The summed E-state index contributed by atoms with van der Waals surface area (Å²) in [6.07, 6.45) is 3.66. The molecular weight excluding hydrogens is 655 g/mol. The van der Waals surface area contributed by atoms with Crippen molar-refractivity contribution in [3.05, 3.63) is 69.4 Å². The number of aromatic nitrogens is 1. The summed E-state index contributed by atoms with van der Waals surface area (Å²) >= 11 is 0. The molecule has 11 heteroatoms. The molecule has 0 saturated heterocycles. The first-order chi connectivity index (χ1) is 19.9. The smallest absolute Gasteiger partial charge is 0.280 e. The summed E-state index contributed by atoms with van der Waals surface area (Å²) in [6, 6.07) is 10.9. The lowest BCUT2D eigenvalue weighted by Gasteiger charge is -2.22. The average Bonchev–Trinajstić information content (AvgIpc) is 3.00. The first-order valence-electron chi connectivity index (χ1n) is 13.2. The Kier molecular flexibility index (Phi) is 9.50. The second-order valence-electron chi connectivity index (χ2n) is 9.56. The Morgan fingerprint density at radius 2 is 1.45 bits per heavy atom. The Morgan fingerprint density at radius 1 is 0.833 bits per heavy atom. The molecule has 0 spiro atoms. The number of nitrogens with zero attached hydrogens (tertiary/aromatic N) is 2. The van der Waals surface area contributed by atoms with Crippen molar-refractivity contribution in [2.24, 2.45) is 0 Å². The monoisotopic (exact) mass is 688 g/mol. The van der Waals surface area contributed by atoms with E-state index in [-0.39, 0.29) is 42.0 Å². The highest BCUT2D eigenvalue weighted by atomic mass is 127. The quantitative estimate of drug-likeness (QED) is 0.109. The molecule has 5 rings (SSSR count). The molecule has 0 radical (unpaired) electrons. The van der Waals surface area contributed by atoms with Gasteiger partial charge in [0.15, 0.2) is 47.2 Å². The third-order valence-corrected chi connectivity index (χ3v) is 7.56. The van der Waals surface area contributed by atoms with E-state index in [0.717, 1.165) is 47.0 Å². The highest BCUT2D eigenvalue weighted by molar-refractivity contribution is 5.95. The molecule has 0 aliphatic carbocycles. The van der Waals surface area contributed by atoms with E-state index < -0.39 is 4.92 Å². The summed E-state index contributed by atoms with van der Waals surface area (Å²) in [5.74, 6) is 3.09. The Labute approximate surface area is 261 Å². The number of fused-ring (bicyclic) bond motifs is 4. The molecule has 42 heavy (non-hydrogen) atoms. The molecule has 0 N–H and O–H groups in total. The van der Waals surface area contributed by atoms with Crippen LogP contribution in [0.15, 0.2) is 42.6 Å². The largest absolute Gasteiger partial charge is 1.00 e. The molecular formula is C31H33IN2O8. The zero-order valence-corrected chi connectivity index (χ0v) is 26.6. The summed E-state index contributed by atoms with van der Waals surface area (Å²) in [5.41, 5.74) is 4.80. The number of nitro benzene ring substituents is 1. The molecule has 0 saturated carbocycles. The standard InChI is InChI=1S/C31H33N2O8.HI/c1-7-20-21-8-9-25(36-2)31(41-17-19-13-27(38-4)29(40-6)15-24(19)33(34)35)23(21)16-32-11-10-18-12-26(37-3)28(39-5)14-22(18)30(20)32;/h8-9,12-16H,7,10-11,17H2,1-6H3;1H/q+1;/p-1. The zero-order chi connectivity index (χ0) is 29.3. The fourth-order valence-electron chi connectivity index (χ4n) is 5.59. The lowest BCUT2D eigenvalue weighted by Crippen LogP contribution is -3.00. The Hall–Kier alpha value is -4.00. The molecule has 3 aromatic carbocycles. The number of hydrogen-bond donors (Lipinski definition) is 0. The Bertz CT molecular complexity index is 1660. The summed E-state index contributed by atoms with van der Waals surface area (Å²) in [6.45, 7) is 2.82. The first-order valence-corrected chi connectivity index (χ1v) is 13.2. The molecule has 1 aliphatic heterocycles. The minimum absolute atomic E-state index is 0. The third kappa shape index (κ3) is 5.33. The Balaban J connectivity index is 0.00000405.